The van der Waals surface area contributed by atoms with Crippen molar-refractivity contribution in [2.75, 3.05) is 0 Å². The molecule has 1 aliphatic rings. The molecule has 2 rings (SSSR count). The van der Waals surface area contributed by atoms with E-state index in [2.05, 4.69) is 20.8 Å². The molecule has 100 valence electrons. The molecule has 5 atom stereocenters. The molecule has 1 fully saturated rings. The molecule has 0 saturated carbocycles. The molecule has 1 aliphatic heterocycles. The van der Waals surface area contributed by atoms with Crippen LogP contribution in [0.3, 0.4) is 0 Å². The average Bonchev–Trinajstić information content (AvgIpc) is 2.52. The Labute approximate surface area is 123 Å². The monoisotopic (exact) mass is 306 g/mol. The summed E-state index contributed by atoms with van der Waals surface area (Å²) < 4.78 is 5.84. The van der Waals surface area contributed by atoms with Crippen LogP contribution in [0, 0.1) is 11.8 Å². The molecule has 1 saturated heterocycles. The standard InChI is InChI=1S/C14H17Cl3O/c1-7-8(2)18-9(3)13(7)14(17)11-5-4-10(15)6-12(11)16/h4-9,13-14H,1-3H3. The van der Waals surface area contributed by atoms with Crippen LogP contribution in [0.5, 0.6) is 0 Å². The maximum Gasteiger partial charge on any atom is 0.0656 e. The fourth-order valence-electron chi connectivity index (χ4n) is 2.73. The van der Waals surface area contributed by atoms with Gasteiger partial charge in [0.15, 0.2) is 0 Å². The molecule has 4 heteroatoms. The first kappa shape index (κ1) is 14.5. The zero-order chi connectivity index (χ0) is 13.4. The van der Waals surface area contributed by atoms with Gasteiger partial charge >= 0.3 is 0 Å². The molecule has 1 aromatic rings. The molecule has 0 aliphatic carbocycles. The zero-order valence-corrected chi connectivity index (χ0v) is 12.9. The summed E-state index contributed by atoms with van der Waals surface area (Å²) in [6.45, 7) is 6.34. The van der Waals surface area contributed by atoms with Crippen molar-refractivity contribution < 1.29 is 4.74 Å². The highest BCUT2D eigenvalue weighted by Gasteiger charge is 2.41. The maximum atomic E-state index is 6.62. The Balaban J connectivity index is 2.28. The summed E-state index contributed by atoms with van der Waals surface area (Å²) in [6.07, 6.45) is 0.376. The fraction of sp³-hybridized carbons (Fsp3) is 0.571. The third-order valence-corrected chi connectivity index (χ3v) is 5.00. The van der Waals surface area contributed by atoms with Gasteiger partial charge in [-0.25, -0.2) is 0 Å². The van der Waals surface area contributed by atoms with Gasteiger partial charge in [0.05, 0.1) is 17.6 Å². The second kappa shape index (κ2) is 5.58. The van der Waals surface area contributed by atoms with Gasteiger partial charge in [0.25, 0.3) is 0 Å². The van der Waals surface area contributed by atoms with Crippen molar-refractivity contribution in [3.05, 3.63) is 33.8 Å². The van der Waals surface area contributed by atoms with E-state index in [1.165, 1.54) is 0 Å². The fourth-order valence-corrected chi connectivity index (χ4v) is 3.94. The molecule has 0 N–H and O–H groups in total. The minimum absolute atomic E-state index is 0.143. The predicted octanol–water partition coefficient (Wildman–Crippen LogP) is 5.33. The highest BCUT2D eigenvalue weighted by molar-refractivity contribution is 6.35. The largest absolute Gasteiger partial charge is 0.375 e. The number of alkyl halides is 1. The van der Waals surface area contributed by atoms with E-state index in [9.17, 15) is 0 Å². The highest BCUT2D eigenvalue weighted by Crippen LogP contribution is 2.45. The zero-order valence-electron chi connectivity index (χ0n) is 10.7. The first-order valence-electron chi connectivity index (χ1n) is 6.16. The SMILES string of the molecule is CC1OC(C)C(C(Cl)c2ccc(Cl)cc2Cl)C1C. The topological polar surface area (TPSA) is 9.23 Å². The number of hydrogen-bond acceptors (Lipinski definition) is 1. The normalized spacial score (nSPS) is 33.7. The number of ether oxygens (including phenoxy) is 1. The van der Waals surface area contributed by atoms with Crippen LogP contribution in [0.15, 0.2) is 18.2 Å². The minimum atomic E-state index is -0.148. The van der Waals surface area contributed by atoms with Gasteiger partial charge in [0, 0.05) is 16.0 Å². The molecular weight excluding hydrogens is 291 g/mol. The number of hydrogen-bond donors (Lipinski definition) is 0. The molecule has 0 amide bonds. The summed E-state index contributed by atoms with van der Waals surface area (Å²) in [4.78, 5) is 0. The van der Waals surface area contributed by atoms with Crippen molar-refractivity contribution in [1.82, 2.24) is 0 Å². The smallest absolute Gasteiger partial charge is 0.0656 e. The summed E-state index contributed by atoms with van der Waals surface area (Å²) in [5.74, 6) is 0.676. The number of rotatable bonds is 2. The van der Waals surface area contributed by atoms with Crippen LogP contribution >= 0.6 is 34.8 Å². The average molecular weight is 308 g/mol. The van der Waals surface area contributed by atoms with Crippen molar-refractivity contribution in [2.24, 2.45) is 11.8 Å². The van der Waals surface area contributed by atoms with E-state index in [-0.39, 0.29) is 23.5 Å². The van der Waals surface area contributed by atoms with E-state index in [0.717, 1.165) is 5.56 Å². The van der Waals surface area contributed by atoms with Gasteiger partial charge in [0.2, 0.25) is 0 Å². The second-order valence-electron chi connectivity index (χ2n) is 5.05. The Bertz CT molecular complexity index is 435. The van der Waals surface area contributed by atoms with Crippen molar-refractivity contribution in [3.8, 4) is 0 Å². The van der Waals surface area contributed by atoms with Crippen molar-refractivity contribution in [2.45, 2.75) is 38.4 Å². The quantitative estimate of drug-likeness (QED) is 0.671. The van der Waals surface area contributed by atoms with E-state index < -0.39 is 0 Å². The van der Waals surface area contributed by atoms with Crippen molar-refractivity contribution >= 4 is 34.8 Å². The van der Waals surface area contributed by atoms with Gasteiger partial charge in [-0.05, 0) is 37.5 Å². The summed E-state index contributed by atoms with van der Waals surface area (Å²) in [5.41, 5.74) is 0.934. The lowest BCUT2D eigenvalue weighted by Gasteiger charge is -2.25. The molecule has 1 nitrogen and oxygen atoms in total. The minimum Gasteiger partial charge on any atom is -0.375 e. The van der Waals surface area contributed by atoms with E-state index >= 15 is 0 Å². The second-order valence-corrected chi connectivity index (χ2v) is 6.36. The van der Waals surface area contributed by atoms with Crippen molar-refractivity contribution in [3.63, 3.8) is 0 Å². The Hall–Kier alpha value is 0.0500. The summed E-state index contributed by atoms with van der Waals surface area (Å²) in [5, 5.41) is 1.11. The summed E-state index contributed by atoms with van der Waals surface area (Å²) in [6, 6.07) is 5.47. The lowest BCUT2D eigenvalue weighted by Crippen LogP contribution is -2.22. The van der Waals surface area contributed by atoms with Crippen LogP contribution in [-0.4, -0.2) is 12.2 Å². The molecule has 1 heterocycles. The molecule has 0 radical (unpaired) electrons. The molecule has 18 heavy (non-hydrogen) atoms. The predicted molar refractivity (Wildman–Crippen MR) is 77.7 cm³/mol. The van der Waals surface area contributed by atoms with E-state index in [1.54, 1.807) is 6.07 Å². The number of halogens is 3. The van der Waals surface area contributed by atoms with Gasteiger partial charge in [0.1, 0.15) is 0 Å². The van der Waals surface area contributed by atoms with Gasteiger partial charge in [-0.2, -0.15) is 0 Å². The van der Waals surface area contributed by atoms with E-state index in [0.29, 0.717) is 16.0 Å². The number of benzene rings is 1. The third kappa shape index (κ3) is 2.65. The van der Waals surface area contributed by atoms with Crippen LogP contribution in [-0.2, 0) is 4.74 Å². The van der Waals surface area contributed by atoms with Crippen LogP contribution in [0.2, 0.25) is 10.0 Å². The lowest BCUT2D eigenvalue weighted by atomic mass is 9.84. The summed E-state index contributed by atoms with van der Waals surface area (Å²) in [7, 11) is 0. The van der Waals surface area contributed by atoms with Gasteiger partial charge in [-0.3, -0.25) is 0 Å². The maximum absolute atomic E-state index is 6.62. The molecule has 0 aromatic heterocycles. The van der Waals surface area contributed by atoms with Crippen LogP contribution < -0.4 is 0 Å². The molecule has 0 spiro atoms. The van der Waals surface area contributed by atoms with E-state index in [1.807, 2.05) is 12.1 Å². The van der Waals surface area contributed by atoms with Crippen molar-refractivity contribution in [1.29, 1.82) is 0 Å². The lowest BCUT2D eigenvalue weighted by molar-refractivity contribution is 0.0508. The Morgan fingerprint density at radius 1 is 1.11 bits per heavy atom. The molecular formula is C14H17Cl3O. The van der Waals surface area contributed by atoms with Crippen LogP contribution in [0.4, 0.5) is 0 Å². The first-order chi connectivity index (χ1) is 8.41. The third-order valence-electron chi connectivity index (χ3n) is 3.92. The van der Waals surface area contributed by atoms with Gasteiger partial charge < -0.3 is 4.74 Å². The van der Waals surface area contributed by atoms with Gasteiger partial charge in [-0.1, -0.05) is 36.2 Å². The van der Waals surface area contributed by atoms with Gasteiger partial charge in [-0.15, -0.1) is 11.6 Å². The Morgan fingerprint density at radius 3 is 2.28 bits per heavy atom. The van der Waals surface area contributed by atoms with E-state index in [4.69, 9.17) is 39.5 Å². The molecule has 1 aromatic carbocycles. The highest BCUT2D eigenvalue weighted by atomic mass is 35.5. The summed E-state index contributed by atoms with van der Waals surface area (Å²) >= 11 is 18.8. The Kier molecular flexibility index (Phi) is 4.48. The molecule has 0 bridgehead atoms. The molecule has 5 unspecified atom stereocenters. The Morgan fingerprint density at radius 2 is 1.78 bits per heavy atom. The van der Waals surface area contributed by atoms with Crippen LogP contribution in [0.1, 0.15) is 31.7 Å². The van der Waals surface area contributed by atoms with Crippen LogP contribution in [0.25, 0.3) is 0 Å². The first-order valence-corrected chi connectivity index (χ1v) is 7.35.